The maximum Gasteiger partial charge on any atom is 0.0883 e. The molecule has 0 spiro atoms. The third-order valence-electron chi connectivity index (χ3n) is 2.81. The topological polar surface area (TPSA) is 58.3 Å². The summed E-state index contributed by atoms with van der Waals surface area (Å²) in [7, 11) is 1.95. The van der Waals surface area contributed by atoms with Crippen molar-refractivity contribution in [3.05, 3.63) is 11.8 Å². The molecule has 0 aromatic heterocycles. The Bertz CT molecular complexity index is 176. The largest absolute Gasteiger partial charge is 0.513 e. The lowest BCUT2D eigenvalue weighted by Gasteiger charge is -2.23. The minimum absolute atomic E-state index is 0.429. The summed E-state index contributed by atoms with van der Waals surface area (Å²) >= 11 is 0. The molecule has 0 fully saturated rings. The van der Waals surface area contributed by atoms with E-state index in [0.717, 1.165) is 25.7 Å². The van der Waals surface area contributed by atoms with Crippen LogP contribution in [0.2, 0.25) is 0 Å². The minimum atomic E-state index is 0.429. The molecule has 4 N–H and O–H groups in total. The number of nitrogens with one attached hydrogen (secondary N) is 1. The first-order chi connectivity index (χ1) is 6.26. The maximum absolute atomic E-state index is 9.20. The molecule has 0 saturated heterocycles. The smallest absolute Gasteiger partial charge is 0.0883 e. The zero-order valence-electron chi connectivity index (χ0n) is 8.29. The lowest BCUT2D eigenvalue weighted by molar-refractivity contribution is 0.310. The highest BCUT2D eigenvalue weighted by molar-refractivity contribution is 4.97. The Morgan fingerprint density at radius 3 is 3.00 bits per heavy atom. The molecule has 0 heterocycles. The van der Waals surface area contributed by atoms with Crippen molar-refractivity contribution in [2.45, 2.75) is 31.7 Å². The number of rotatable bonds is 4. The van der Waals surface area contributed by atoms with Crippen LogP contribution in [0.5, 0.6) is 0 Å². The molecule has 3 heteroatoms. The van der Waals surface area contributed by atoms with Crippen molar-refractivity contribution >= 4 is 0 Å². The zero-order chi connectivity index (χ0) is 9.68. The summed E-state index contributed by atoms with van der Waals surface area (Å²) < 4.78 is 0. The van der Waals surface area contributed by atoms with Crippen LogP contribution in [0.1, 0.15) is 25.7 Å². The standard InChI is InChI=1S/C10H20N2O/c1-12-9(7-11)6-8-2-4-10(13)5-3-8/h4,8-9,12-13H,2-3,5-7,11H2,1H3/t8?,9-/m0/s1. The highest BCUT2D eigenvalue weighted by atomic mass is 16.3. The fourth-order valence-corrected chi connectivity index (χ4v) is 1.82. The molecule has 1 aliphatic carbocycles. The molecule has 1 unspecified atom stereocenters. The minimum Gasteiger partial charge on any atom is -0.513 e. The number of likely N-dealkylation sites (N-methyl/N-ethyl adjacent to an activating group) is 1. The van der Waals surface area contributed by atoms with Crippen molar-refractivity contribution in [1.29, 1.82) is 0 Å². The van der Waals surface area contributed by atoms with Crippen LogP contribution >= 0.6 is 0 Å². The summed E-state index contributed by atoms with van der Waals surface area (Å²) in [6.07, 6.45) is 6.00. The van der Waals surface area contributed by atoms with Gasteiger partial charge in [0.05, 0.1) is 5.76 Å². The Balaban J connectivity index is 2.30. The van der Waals surface area contributed by atoms with Crippen molar-refractivity contribution in [2.24, 2.45) is 11.7 Å². The summed E-state index contributed by atoms with van der Waals surface area (Å²) in [6, 6.07) is 0.429. The number of nitrogens with two attached hydrogens (primary N) is 1. The number of aliphatic hydroxyl groups is 1. The van der Waals surface area contributed by atoms with Crippen molar-refractivity contribution in [2.75, 3.05) is 13.6 Å². The molecule has 0 saturated carbocycles. The number of hydrogen-bond acceptors (Lipinski definition) is 3. The van der Waals surface area contributed by atoms with Crippen LogP contribution in [0, 0.1) is 5.92 Å². The lowest BCUT2D eigenvalue weighted by Crippen LogP contribution is -2.35. The highest BCUT2D eigenvalue weighted by Gasteiger charge is 2.17. The number of hydrogen-bond donors (Lipinski definition) is 3. The monoisotopic (exact) mass is 184 g/mol. The Morgan fingerprint density at radius 1 is 1.77 bits per heavy atom. The van der Waals surface area contributed by atoms with E-state index in [-0.39, 0.29) is 0 Å². The van der Waals surface area contributed by atoms with Crippen LogP contribution in [-0.4, -0.2) is 24.7 Å². The Labute approximate surface area is 80.0 Å². The first-order valence-corrected chi connectivity index (χ1v) is 5.01. The van der Waals surface area contributed by atoms with Gasteiger partial charge in [-0.05, 0) is 38.3 Å². The van der Waals surface area contributed by atoms with Gasteiger partial charge in [-0.15, -0.1) is 0 Å². The predicted octanol–water partition coefficient (Wildman–Crippen LogP) is 1.17. The molecular formula is C10H20N2O. The highest BCUT2D eigenvalue weighted by Crippen LogP contribution is 2.25. The van der Waals surface area contributed by atoms with Gasteiger partial charge in [0.15, 0.2) is 0 Å². The van der Waals surface area contributed by atoms with Crippen molar-refractivity contribution in [1.82, 2.24) is 5.32 Å². The van der Waals surface area contributed by atoms with Crippen LogP contribution in [0.15, 0.2) is 11.8 Å². The molecule has 2 atom stereocenters. The summed E-state index contributed by atoms with van der Waals surface area (Å²) in [4.78, 5) is 0. The number of allylic oxidation sites excluding steroid dienone is 2. The summed E-state index contributed by atoms with van der Waals surface area (Å²) in [6.45, 7) is 0.697. The van der Waals surface area contributed by atoms with E-state index >= 15 is 0 Å². The fourth-order valence-electron chi connectivity index (χ4n) is 1.82. The van der Waals surface area contributed by atoms with Gasteiger partial charge in [0.25, 0.3) is 0 Å². The average molecular weight is 184 g/mol. The van der Waals surface area contributed by atoms with Gasteiger partial charge in [-0.3, -0.25) is 0 Å². The Morgan fingerprint density at radius 2 is 2.54 bits per heavy atom. The van der Waals surface area contributed by atoms with Crippen LogP contribution in [0.25, 0.3) is 0 Å². The summed E-state index contributed by atoms with van der Waals surface area (Å²) in [5.41, 5.74) is 5.60. The Kier molecular flexibility index (Phi) is 4.25. The second-order valence-electron chi connectivity index (χ2n) is 3.79. The van der Waals surface area contributed by atoms with Gasteiger partial charge >= 0.3 is 0 Å². The molecule has 0 aliphatic heterocycles. The van der Waals surface area contributed by atoms with Crippen LogP contribution in [0.3, 0.4) is 0 Å². The van der Waals surface area contributed by atoms with E-state index < -0.39 is 0 Å². The van der Waals surface area contributed by atoms with E-state index in [2.05, 4.69) is 5.32 Å². The maximum atomic E-state index is 9.20. The van der Waals surface area contributed by atoms with E-state index in [0.29, 0.717) is 24.3 Å². The zero-order valence-corrected chi connectivity index (χ0v) is 8.29. The molecule has 1 aliphatic rings. The van der Waals surface area contributed by atoms with Gasteiger partial charge < -0.3 is 16.2 Å². The molecular weight excluding hydrogens is 164 g/mol. The molecule has 1 rings (SSSR count). The molecule has 0 aromatic carbocycles. The van der Waals surface area contributed by atoms with Crippen LogP contribution in [0.4, 0.5) is 0 Å². The normalized spacial score (nSPS) is 25.4. The van der Waals surface area contributed by atoms with E-state index in [1.807, 2.05) is 13.1 Å². The van der Waals surface area contributed by atoms with Crippen LogP contribution < -0.4 is 11.1 Å². The fraction of sp³-hybridized carbons (Fsp3) is 0.800. The Hall–Kier alpha value is -0.540. The molecule has 0 aromatic rings. The predicted molar refractivity (Wildman–Crippen MR) is 54.6 cm³/mol. The van der Waals surface area contributed by atoms with Crippen molar-refractivity contribution in [3.63, 3.8) is 0 Å². The van der Waals surface area contributed by atoms with E-state index in [1.54, 1.807) is 0 Å². The number of aliphatic hydroxyl groups excluding tert-OH is 1. The molecule has 3 nitrogen and oxygen atoms in total. The van der Waals surface area contributed by atoms with Gasteiger partial charge in [0, 0.05) is 19.0 Å². The third kappa shape index (κ3) is 3.36. The van der Waals surface area contributed by atoms with E-state index in [9.17, 15) is 5.11 Å². The van der Waals surface area contributed by atoms with Gasteiger partial charge in [-0.2, -0.15) is 0 Å². The molecule has 0 bridgehead atoms. The second-order valence-corrected chi connectivity index (χ2v) is 3.79. The van der Waals surface area contributed by atoms with Gasteiger partial charge in [0.1, 0.15) is 0 Å². The van der Waals surface area contributed by atoms with Gasteiger partial charge in [0.2, 0.25) is 0 Å². The first kappa shape index (κ1) is 10.5. The first-order valence-electron chi connectivity index (χ1n) is 5.01. The van der Waals surface area contributed by atoms with E-state index in [4.69, 9.17) is 5.73 Å². The molecule has 0 amide bonds. The summed E-state index contributed by atoms with van der Waals surface area (Å²) in [5.74, 6) is 1.25. The van der Waals surface area contributed by atoms with Crippen molar-refractivity contribution in [3.8, 4) is 0 Å². The van der Waals surface area contributed by atoms with Crippen molar-refractivity contribution < 1.29 is 5.11 Å². The van der Waals surface area contributed by atoms with E-state index in [1.165, 1.54) is 0 Å². The van der Waals surface area contributed by atoms with Crippen LogP contribution in [-0.2, 0) is 0 Å². The SMILES string of the molecule is CN[C@H](CN)CC1CC=C(O)CC1. The van der Waals surface area contributed by atoms with Gasteiger partial charge in [-0.1, -0.05) is 0 Å². The quantitative estimate of drug-likeness (QED) is 0.614. The lowest BCUT2D eigenvalue weighted by atomic mass is 9.88. The molecule has 0 radical (unpaired) electrons. The summed E-state index contributed by atoms with van der Waals surface area (Å²) in [5, 5.41) is 12.4. The molecule has 13 heavy (non-hydrogen) atoms. The second kappa shape index (κ2) is 5.25. The van der Waals surface area contributed by atoms with Gasteiger partial charge in [-0.25, -0.2) is 0 Å². The third-order valence-corrected chi connectivity index (χ3v) is 2.81. The molecule has 76 valence electrons. The average Bonchev–Trinajstić information content (AvgIpc) is 2.17.